The summed E-state index contributed by atoms with van der Waals surface area (Å²) in [7, 11) is 0. The van der Waals surface area contributed by atoms with Crippen LogP contribution in [0.15, 0.2) is 17.0 Å². The van der Waals surface area contributed by atoms with Crippen molar-refractivity contribution in [3.63, 3.8) is 0 Å². The van der Waals surface area contributed by atoms with E-state index in [0.717, 1.165) is 18.4 Å². The summed E-state index contributed by atoms with van der Waals surface area (Å²) >= 11 is 1.72. The normalized spacial score (nSPS) is 20.3. The van der Waals surface area contributed by atoms with E-state index < -0.39 is 0 Å². The molecule has 0 bridgehead atoms. The van der Waals surface area contributed by atoms with Crippen LogP contribution in [0.25, 0.3) is 0 Å². The van der Waals surface area contributed by atoms with Crippen LogP contribution in [0.3, 0.4) is 0 Å². The van der Waals surface area contributed by atoms with Gasteiger partial charge in [0.2, 0.25) is 0 Å². The third kappa shape index (κ3) is 1.32. The van der Waals surface area contributed by atoms with Crippen molar-refractivity contribution in [1.82, 2.24) is 0 Å². The Morgan fingerprint density at radius 1 is 1.54 bits per heavy atom. The second kappa shape index (κ2) is 3.24. The molecule has 3 heteroatoms. The number of phenols is 1. The number of benzene rings is 1. The summed E-state index contributed by atoms with van der Waals surface area (Å²) in [6.45, 7) is 0. The first-order valence-electron chi connectivity index (χ1n) is 4.38. The highest BCUT2D eigenvalue weighted by Gasteiger charge is 2.24. The maximum absolute atomic E-state index is 9.63. The van der Waals surface area contributed by atoms with Crippen LogP contribution in [0.1, 0.15) is 23.6 Å². The molecule has 70 valence electrons. The molecule has 1 atom stereocenters. The summed E-state index contributed by atoms with van der Waals surface area (Å²) in [5.74, 6) is 0.359. The van der Waals surface area contributed by atoms with Crippen LogP contribution in [0.2, 0.25) is 0 Å². The second-order valence-corrected chi connectivity index (χ2v) is 4.17. The highest BCUT2D eigenvalue weighted by molar-refractivity contribution is 7.98. The van der Waals surface area contributed by atoms with Gasteiger partial charge in [-0.15, -0.1) is 11.8 Å². The van der Waals surface area contributed by atoms with Crippen molar-refractivity contribution in [3.05, 3.63) is 23.3 Å². The van der Waals surface area contributed by atoms with Gasteiger partial charge in [0.05, 0.1) is 0 Å². The van der Waals surface area contributed by atoms with E-state index in [1.54, 1.807) is 17.8 Å². The first kappa shape index (κ1) is 8.91. The summed E-state index contributed by atoms with van der Waals surface area (Å²) in [4.78, 5) is 1.25. The quantitative estimate of drug-likeness (QED) is 0.674. The van der Waals surface area contributed by atoms with Crippen molar-refractivity contribution in [3.8, 4) is 5.75 Å². The molecule has 2 rings (SSSR count). The number of thioether (sulfide) groups is 1. The minimum Gasteiger partial charge on any atom is -0.508 e. The van der Waals surface area contributed by atoms with E-state index in [2.05, 4.69) is 6.26 Å². The molecule has 0 saturated carbocycles. The van der Waals surface area contributed by atoms with Crippen molar-refractivity contribution in [2.45, 2.75) is 23.8 Å². The van der Waals surface area contributed by atoms with Crippen molar-refractivity contribution in [2.75, 3.05) is 6.26 Å². The summed E-state index contributed by atoms with van der Waals surface area (Å²) in [5, 5.41) is 9.63. The van der Waals surface area contributed by atoms with Gasteiger partial charge in [0, 0.05) is 16.5 Å². The lowest BCUT2D eigenvalue weighted by atomic mass is 10.1. The summed E-state index contributed by atoms with van der Waals surface area (Å²) in [6.07, 6.45) is 4.01. The summed E-state index contributed by atoms with van der Waals surface area (Å²) in [5.41, 5.74) is 8.12. The molecule has 1 aliphatic carbocycles. The first-order chi connectivity index (χ1) is 6.24. The van der Waals surface area contributed by atoms with Gasteiger partial charge in [0.15, 0.2) is 0 Å². The first-order valence-corrected chi connectivity index (χ1v) is 5.61. The van der Waals surface area contributed by atoms with Gasteiger partial charge in [0.25, 0.3) is 0 Å². The van der Waals surface area contributed by atoms with Crippen LogP contribution in [0, 0.1) is 0 Å². The molecule has 0 spiro atoms. The average molecular weight is 195 g/mol. The van der Waals surface area contributed by atoms with Gasteiger partial charge in [-0.25, -0.2) is 0 Å². The van der Waals surface area contributed by atoms with Gasteiger partial charge in [-0.05, 0) is 36.8 Å². The lowest BCUT2D eigenvalue weighted by molar-refractivity contribution is 0.463. The van der Waals surface area contributed by atoms with Crippen molar-refractivity contribution >= 4 is 11.8 Å². The number of hydrogen-bond acceptors (Lipinski definition) is 3. The zero-order valence-electron chi connectivity index (χ0n) is 7.58. The summed E-state index contributed by atoms with van der Waals surface area (Å²) < 4.78 is 0. The molecule has 0 radical (unpaired) electrons. The Bertz CT molecular complexity index is 338. The van der Waals surface area contributed by atoms with Gasteiger partial charge in [-0.3, -0.25) is 0 Å². The third-order valence-corrected chi connectivity index (χ3v) is 3.41. The second-order valence-electron chi connectivity index (χ2n) is 3.32. The van der Waals surface area contributed by atoms with Gasteiger partial charge < -0.3 is 10.8 Å². The number of fused-ring (bicyclic) bond motifs is 1. The van der Waals surface area contributed by atoms with Crippen LogP contribution in [0.5, 0.6) is 5.75 Å². The molecule has 1 aromatic rings. The minimum atomic E-state index is 0.0297. The Morgan fingerprint density at radius 3 is 3.00 bits per heavy atom. The Kier molecular flexibility index (Phi) is 2.22. The molecule has 0 aliphatic heterocycles. The van der Waals surface area contributed by atoms with Crippen molar-refractivity contribution < 1.29 is 5.11 Å². The molecular formula is C10H13NOS. The summed E-state index contributed by atoms with van der Waals surface area (Å²) in [6, 6.07) is 3.74. The molecule has 1 unspecified atom stereocenters. The number of hydrogen-bond donors (Lipinski definition) is 2. The van der Waals surface area contributed by atoms with Gasteiger partial charge in [-0.1, -0.05) is 0 Å². The molecule has 3 N–H and O–H groups in total. The minimum absolute atomic E-state index is 0.0297. The molecule has 0 saturated heterocycles. The predicted octanol–water partition coefficient (Wildman–Crippen LogP) is 2.06. The Labute approximate surface area is 82.1 Å². The fourth-order valence-corrected chi connectivity index (χ4v) is 2.60. The molecule has 0 heterocycles. The molecule has 0 fully saturated rings. The molecule has 1 aromatic carbocycles. The van der Waals surface area contributed by atoms with E-state index in [0.29, 0.717) is 5.75 Å². The molecular weight excluding hydrogens is 182 g/mol. The number of rotatable bonds is 1. The van der Waals surface area contributed by atoms with Gasteiger partial charge in [0.1, 0.15) is 5.75 Å². The SMILES string of the molecule is CSc1ccc(O)c2c1CCC2N. The fraction of sp³-hybridized carbons (Fsp3) is 0.400. The average Bonchev–Trinajstić information content (AvgIpc) is 2.50. The van der Waals surface area contributed by atoms with E-state index in [4.69, 9.17) is 5.73 Å². The maximum atomic E-state index is 9.63. The highest BCUT2D eigenvalue weighted by atomic mass is 32.2. The smallest absolute Gasteiger partial charge is 0.120 e. The molecule has 13 heavy (non-hydrogen) atoms. The zero-order valence-corrected chi connectivity index (χ0v) is 8.40. The highest BCUT2D eigenvalue weighted by Crippen LogP contribution is 2.40. The van der Waals surface area contributed by atoms with Gasteiger partial charge in [-0.2, -0.15) is 0 Å². The van der Waals surface area contributed by atoms with Gasteiger partial charge >= 0.3 is 0 Å². The largest absolute Gasteiger partial charge is 0.508 e. The van der Waals surface area contributed by atoms with Crippen molar-refractivity contribution in [1.29, 1.82) is 0 Å². The van der Waals surface area contributed by atoms with Crippen LogP contribution < -0.4 is 5.73 Å². The van der Waals surface area contributed by atoms with E-state index in [1.165, 1.54) is 10.5 Å². The van der Waals surface area contributed by atoms with Crippen LogP contribution >= 0.6 is 11.8 Å². The number of phenolic OH excluding ortho intramolecular Hbond substituents is 1. The molecule has 2 nitrogen and oxygen atoms in total. The van der Waals surface area contributed by atoms with E-state index in [1.807, 2.05) is 6.07 Å². The van der Waals surface area contributed by atoms with E-state index in [9.17, 15) is 5.11 Å². The van der Waals surface area contributed by atoms with Crippen molar-refractivity contribution in [2.24, 2.45) is 5.73 Å². The Morgan fingerprint density at radius 2 is 2.31 bits per heavy atom. The third-order valence-electron chi connectivity index (χ3n) is 2.59. The lowest BCUT2D eigenvalue weighted by Crippen LogP contribution is -2.05. The van der Waals surface area contributed by atoms with E-state index >= 15 is 0 Å². The number of nitrogens with two attached hydrogens (primary N) is 1. The molecule has 1 aliphatic rings. The Hall–Kier alpha value is -0.670. The van der Waals surface area contributed by atoms with Crippen LogP contribution in [-0.4, -0.2) is 11.4 Å². The number of aromatic hydroxyl groups is 1. The maximum Gasteiger partial charge on any atom is 0.120 e. The zero-order chi connectivity index (χ0) is 9.42. The molecule has 0 aromatic heterocycles. The van der Waals surface area contributed by atoms with E-state index in [-0.39, 0.29) is 6.04 Å². The predicted molar refractivity (Wildman–Crippen MR) is 55.1 cm³/mol. The van der Waals surface area contributed by atoms with Crippen LogP contribution in [0.4, 0.5) is 0 Å². The monoisotopic (exact) mass is 195 g/mol. The lowest BCUT2D eigenvalue weighted by Gasteiger charge is -2.09. The Balaban J connectivity index is 2.59. The standard InChI is InChI=1S/C10H13NOS/c1-13-9-5-4-8(12)10-6(9)2-3-7(10)11/h4-5,7,12H,2-3,11H2,1H3. The topological polar surface area (TPSA) is 46.2 Å². The molecule has 0 amide bonds. The fourth-order valence-electron chi connectivity index (χ4n) is 1.94. The van der Waals surface area contributed by atoms with Crippen LogP contribution in [-0.2, 0) is 6.42 Å².